The molecule has 1 aromatic heterocycles. The Labute approximate surface area is 194 Å². The lowest BCUT2D eigenvalue weighted by Gasteiger charge is -2.50. The van der Waals surface area contributed by atoms with Crippen LogP contribution >= 0.6 is 0 Å². The Hall–Kier alpha value is -3.27. The van der Waals surface area contributed by atoms with E-state index in [4.69, 9.17) is 0 Å². The van der Waals surface area contributed by atoms with Gasteiger partial charge in [-0.15, -0.1) is 0 Å². The number of carbonyl (C=O) groups excluding carboxylic acids is 2. The van der Waals surface area contributed by atoms with Crippen molar-refractivity contribution in [2.24, 2.45) is 5.92 Å². The quantitative estimate of drug-likeness (QED) is 0.695. The van der Waals surface area contributed by atoms with Crippen molar-refractivity contribution in [2.75, 3.05) is 13.1 Å². The third-order valence-corrected chi connectivity index (χ3v) is 6.99. The molecule has 0 bridgehead atoms. The fourth-order valence-corrected chi connectivity index (χ4v) is 4.91. The number of aromatic nitrogens is 1. The normalized spacial score (nSPS) is 22.3. The summed E-state index contributed by atoms with van der Waals surface area (Å²) in [4.78, 5) is 42.9. The summed E-state index contributed by atoms with van der Waals surface area (Å²) in [6, 6.07) is 2.94. The molecule has 2 atom stereocenters. The average Bonchev–Trinajstić information content (AvgIpc) is 3.61. The predicted octanol–water partition coefficient (Wildman–Crippen LogP) is 2.05. The van der Waals surface area contributed by atoms with Gasteiger partial charge in [0.1, 0.15) is 23.4 Å². The van der Waals surface area contributed by atoms with E-state index in [1.165, 1.54) is 29.7 Å². The minimum atomic E-state index is -0.963. The van der Waals surface area contributed by atoms with E-state index in [2.05, 4.69) is 10.2 Å². The van der Waals surface area contributed by atoms with Crippen LogP contribution in [0.1, 0.15) is 52.6 Å². The van der Waals surface area contributed by atoms with Crippen LogP contribution in [-0.4, -0.2) is 56.6 Å². The number of aromatic hydroxyl groups is 1. The number of benzene rings is 1. The third-order valence-electron chi connectivity index (χ3n) is 6.99. The van der Waals surface area contributed by atoms with Gasteiger partial charge in [-0.3, -0.25) is 19.3 Å². The predicted molar refractivity (Wildman–Crippen MR) is 118 cm³/mol. The second-order valence-electron chi connectivity index (χ2n) is 9.41. The number of hydrogen-bond acceptors (Lipinski definition) is 5. The lowest BCUT2D eigenvalue weighted by molar-refractivity contribution is -0.0342. The van der Waals surface area contributed by atoms with Gasteiger partial charge in [0.05, 0.1) is 6.54 Å². The lowest BCUT2D eigenvalue weighted by atomic mass is 10.0. The van der Waals surface area contributed by atoms with Gasteiger partial charge < -0.3 is 19.9 Å². The Morgan fingerprint density at radius 1 is 1.21 bits per heavy atom. The smallest absolute Gasteiger partial charge is 0.276 e. The fraction of sp³-hybridized carbons (Fsp3) is 0.458. The van der Waals surface area contributed by atoms with Crippen molar-refractivity contribution >= 4 is 11.8 Å². The van der Waals surface area contributed by atoms with Crippen LogP contribution in [0.4, 0.5) is 8.78 Å². The molecule has 1 aliphatic carbocycles. The molecule has 1 aromatic carbocycles. The van der Waals surface area contributed by atoms with Gasteiger partial charge in [0.25, 0.3) is 11.8 Å². The third kappa shape index (κ3) is 3.96. The maximum atomic E-state index is 13.9. The van der Waals surface area contributed by atoms with Crippen molar-refractivity contribution in [3.05, 3.63) is 63.1 Å². The van der Waals surface area contributed by atoms with Gasteiger partial charge in [-0.1, -0.05) is 6.07 Å². The van der Waals surface area contributed by atoms with E-state index in [1.807, 2.05) is 6.92 Å². The van der Waals surface area contributed by atoms with Gasteiger partial charge in [-0.05, 0) is 38.2 Å². The lowest BCUT2D eigenvalue weighted by Crippen LogP contribution is -2.64. The van der Waals surface area contributed by atoms with Crippen LogP contribution in [-0.2, 0) is 13.1 Å². The second-order valence-corrected chi connectivity index (χ2v) is 9.41. The number of rotatable bonds is 5. The second kappa shape index (κ2) is 8.50. The van der Waals surface area contributed by atoms with E-state index in [9.17, 15) is 28.3 Å². The molecule has 2 amide bonds. The maximum absolute atomic E-state index is 13.9. The van der Waals surface area contributed by atoms with Gasteiger partial charge >= 0.3 is 0 Å². The monoisotopic (exact) mass is 472 g/mol. The first-order chi connectivity index (χ1) is 16.2. The maximum Gasteiger partial charge on any atom is 0.276 e. The van der Waals surface area contributed by atoms with Crippen molar-refractivity contribution < 1.29 is 23.5 Å². The van der Waals surface area contributed by atoms with Crippen LogP contribution in [0.25, 0.3) is 0 Å². The van der Waals surface area contributed by atoms with Gasteiger partial charge in [-0.2, -0.15) is 0 Å². The van der Waals surface area contributed by atoms with Crippen molar-refractivity contribution in [1.29, 1.82) is 0 Å². The van der Waals surface area contributed by atoms with Gasteiger partial charge in [0.2, 0.25) is 5.43 Å². The van der Waals surface area contributed by atoms with E-state index >= 15 is 0 Å². The first-order valence-electron chi connectivity index (χ1n) is 11.5. The standard InChI is InChI=1S/C24H26F2N4O4/c1-13-6-7-28(10-14-2-3-14)19-12-29-11-17(21(31)22(32)20(29)24(34)30(13)19)23(33)27-9-15-4-5-16(25)8-18(15)26/h4-5,8,11,13-14,19,32H,2-3,6-7,9-10,12H2,1H3,(H,27,33)/t13-,19+/m0/s1. The van der Waals surface area contributed by atoms with Crippen LogP contribution in [0.15, 0.2) is 29.2 Å². The molecule has 1 saturated heterocycles. The molecule has 5 rings (SSSR count). The molecule has 3 heterocycles. The fourth-order valence-electron chi connectivity index (χ4n) is 4.91. The Kier molecular flexibility index (Phi) is 5.63. The summed E-state index contributed by atoms with van der Waals surface area (Å²) in [6.07, 6.45) is 4.22. The Morgan fingerprint density at radius 2 is 1.97 bits per heavy atom. The highest BCUT2D eigenvalue weighted by atomic mass is 19.1. The number of nitrogens with one attached hydrogen (secondary N) is 1. The molecular weight excluding hydrogens is 446 g/mol. The Bertz CT molecular complexity index is 1230. The SMILES string of the molecule is C[C@H]1CCN(CC2CC2)[C@H]2Cn3cc(C(=O)NCc4ccc(F)cc4F)c(=O)c(O)c3C(=O)N21. The molecule has 10 heteroatoms. The molecule has 3 aliphatic rings. The van der Waals surface area contributed by atoms with E-state index in [0.29, 0.717) is 18.5 Å². The summed E-state index contributed by atoms with van der Waals surface area (Å²) in [5, 5.41) is 13.1. The highest BCUT2D eigenvalue weighted by Gasteiger charge is 2.44. The Balaban J connectivity index is 1.43. The molecule has 2 aromatic rings. The van der Waals surface area contributed by atoms with Crippen LogP contribution in [0.5, 0.6) is 5.75 Å². The first-order valence-corrected chi connectivity index (χ1v) is 11.5. The van der Waals surface area contributed by atoms with Crippen LogP contribution in [0, 0.1) is 17.6 Å². The molecule has 8 nitrogen and oxygen atoms in total. The molecule has 2 N–H and O–H groups in total. The molecule has 0 radical (unpaired) electrons. The van der Waals surface area contributed by atoms with Crippen molar-refractivity contribution in [1.82, 2.24) is 19.7 Å². The number of pyridine rings is 1. The molecule has 34 heavy (non-hydrogen) atoms. The highest BCUT2D eigenvalue weighted by Crippen LogP contribution is 2.35. The first kappa shape index (κ1) is 22.5. The largest absolute Gasteiger partial charge is 0.503 e. The summed E-state index contributed by atoms with van der Waals surface area (Å²) < 4.78 is 28.5. The summed E-state index contributed by atoms with van der Waals surface area (Å²) in [7, 11) is 0. The molecule has 180 valence electrons. The minimum Gasteiger partial charge on any atom is -0.503 e. The van der Waals surface area contributed by atoms with E-state index in [0.717, 1.165) is 25.6 Å². The highest BCUT2D eigenvalue weighted by molar-refractivity contribution is 5.99. The van der Waals surface area contributed by atoms with Crippen molar-refractivity contribution in [3.8, 4) is 5.75 Å². The number of amides is 2. The molecule has 1 saturated carbocycles. The zero-order chi connectivity index (χ0) is 24.1. The summed E-state index contributed by atoms with van der Waals surface area (Å²) in [6.45, 7) is 3.75. The van der Waals surface area contributed by atoms with Crippen molar-refractivity contribution in [3.63, 3.8) is 0 Å². The molecule has 0 unspecified atom stereocenters. The van der Waals surface area contributed by atoms with Gasteiger partial charge in [0, 0.05) is 43.5 Å². The van der Waals surface area contributed by atoms with E-state index in [1.54, 1.807) is 4.90 Å². The van der Waals surface area contributed by atoms with Gasteiger partial charge in [-0.25, -0.2) is 8.78 Å². The van der Waals surface area contributed by atoms with E-state index < -0.39 is 34.6 Å². The average molecular weight is 472 g/mol. The summed E-state index contributed by atoms with van der Waals surface area (Å²) in [5.74, 6) is -2.95. The summed E-state index contributed by atoms with van der Waals surface area (Å²) in [5.41, 5.74) is -1.38. The summed E-state index contributed by atoms with van der Waals surface area (Å²) >= 11 is 0. The van der Waals surface area contributed by atoms with Crippen LogP contribution in [0.2, 0.25) is 0 Å². The topological polar surface area (TPSA) is 94.9 Å². The molecule has 2 fully saturated rings. The van der Waals surface area contributed by atoms with Gasteiger partial charge in [0.15, 0.2) is 11.4 Å². The molecular formula is C24H26F2N4O4. The van der Waals surface area contributed by atoms with Crippen molar-refractivity contribution in [2.45, 2.75) is 51.5 Å². The number of carbonyl (C=O) groups is 2. The Morgan fingerprint density at radius 3 is 2.68 bits per heavy atom. The number of halogens is 2. The zero-order valence-corrected chi connectivity index (χ0v) is 18.8. The molecule has 2 aliphatic heterocycles. The number of hydrogen-bond donors (Lipinski definition) is 2. The minimum absolute atomic E-state index is 0.0372. The van der Waals surface area contributed by atoms with Crippen LogP contribution < -0.4 is 10.7 Å². The molecule has 0 spiro atoms. The zero-order valence-electron chi connectivity index (χ0n) is 18.8. The van der Waals surface area contributed by atoms with E-state index in [-0.39, 0.29) is 35.6 Å². The van der Waals surface area contributed by atoms with Crippen LogP contribution in [0.3, 0.4) is 0 Å². The number of nitrogens with zero attached hydrogens (tertiary/aromatic N) is 3. The number of fused-ring (bicyclic) bond motifs is 2.